The highest BCUT2D eigenvalue weighted by Crippen LogP contribution is 1.92. The van der Waals surface area contributed by atoms with Crippen LogP contribution in [0.25, 0.3) is 0 Å². The van der Waals surface area contributed by atoms with Crippen LogP contribution in [0.15, 0.2) is 22.8 Å². The number of hydrogen-bond donors (Lipinski definition) is 1. The number of ketones is 1. The van der Waals surface area contributed by atoms with Crippen LogP contribution < -0.4 is 0 Å². The predicted molar refractivity (Wildman–Crippen MR) is 51.6 cm³/mol. The molecule has 0 aliphatic carbocycles. The quantitative estimate of drug-likeness (QED) is 0.765. The summed E-state index contributed by atoms with van der Waals surface area (Å²) in [4.78, 5) is 29.6. The summed E-state index contributed by atoms with van der Waals surface area (Å²) < 4.78 is 4.61. The van der Waals surface area contributed by atoms with Gasteiger partial charge in [-0.25, -0.2) is 0 Å². The van der Waals surface area contributed by atoms with Crippen molar-refractivity contribution in [1.82, 2.24) is 0 Å². The molecular formula is C10H12O5. The summed E-state index contributed by atoms with van der Waals surface area (Å²) in [5.41, 5.74) is 0. The van der Waals surface area contributed by atoms with Crippen molar-refractivity contribution >= 4 is 18.0 Å². The van der Waals surface area contributed by atoms with E-state index in [0.717, 1.165) is 0 Å². The van der Waals surface area contributed by atoms with Gasteiger partial charge in [0.15, 0.2) is 12.0 Å². The highest BCUT2D eigenvalue weighted by molar-refractivity contribution is 5.80. The molecule has 0 unspecified atom stereocenters. The molecule has 1 rings (SSSR count). The summed E-state index contributed by atoms with van der Waals surface area (Å²) in [6, 6.07) is 3.27. The lowest BCUT2D eigenvalue weighted by atomic mass is 10.2. The zero-order chi connectivity index (χ0) is 11.7. The minimum absolute atomic E-state index is 0.0463. The molecule has 5 heteroatoms. The third-order valence-corrected chi connectivity index (χ3v) is 1.35. The van der Waals surface area contributed by atoms with Crippen molar-refractivity contribution in [2.45, 2.75) is 19.8 Å². The molecule has 0 aliphatic heterocycles. The second-order valence-corrected chi connectivity index (χ2v) is 2.73. The third-order valence-electron chi connectivity index (χ3n) is 1.35. The largest absolute Gasteiger partial charge is 0.481 e. The molecule has 15 heavy (non-hydrogen) atoms. The van der Waals surface area contributed by atoms with Crippen LogP contribution in [0.3, 0.4) is 0 Å². The molecule has 82 valence electrons. The number of rotatable bonds is 4. The molecule has 1 heterocycles. The van der Waals surface area contributed by atoms with Crippen molar-refractivity contribution in [1.29, 1.82) is 0 Å². The molecule has 0 aliphatic rings. The number of Topliss-reactive ketones (excluding diaryl/α,β-unsaturated/α-hetero) is 1. The van der Waals surface area contributed by atoms with E-state index in [9.17, 15) is 14.4 Å². The Labute approximate surface area is 86.7 Å². The van der Waals surface area contributed by atoms with Crippen LogP contribution in [-0.4, -0.2) is 23.1 Å². The molecule has 0 spiro atoms. The van der Waals surface area contributed by atoms with Gasteiger partial charge in [0.25, 0.3) is 0 Å². The Morgan fingerprint density at radius 1 is 1.47 bits per heavy atom. The van der Waals surface area contributed by atoms with E-state index in [1.54, 1.807) is 12.1 Å². The fourth-order valence-electron chi connectivity index (χ4n) is 0.641. The molecule has 0 saturated carbocycles. The number of aldehydes is 1. The predicted octanol–water partition coefficient (Wildman–Crippen LogP) is 1.53. The maximum atomic E-state index is 10.1. The topological polar surface area (TPSA) is 84.6 Å². The van der Waals surface area contributed by atoms with Gasteiger partial charge in [0, 0.05) is 6.42 Å². The van der Waals surface area contributed by atoms with Crippen molar-refractivity contribution in [3.8, 4) is 0 Å². The first-order valence-corrected chi connectivity index (χ1v) is 4.26. The first-order valence-electron chi connectivity index (χ1n) is 4.26. The van der Waals surface area contributed by atoms with E-state index in [4.69, 9.17) is 5.11 Å². The molecule has 1 aromatic heterocycles. The summed E-state index contributed by atoms with van der Waals surface area (Å²) >= 11 is 0. The van der Waals surface area contributed by atoms with Crippen LogP contribution in [-0.2, 0) is 9.59 Å². The minimum Gasteiger partial charge on any atom is -0.481 e. The second-order valence-electron chi connectivity index (χ2n) is 2.73. The van der Waals surface area contributed by atoms with E-state index in [1.165, 1.54) is 13.2 Å². The average Bonchev–Trinajstić information content (AvgIpc) is 2.68. The van der Waals surface area contributed by atoms with E-state index in [0.29, 0.717) is 12.0 Å². The average molecular weight is 212 g/mol. The number of hydrogen-bond acceptors (Lipinski definition) is 4. The number of carbonyl (C=O) groups is 3. The van der Waals surface area contributed by atoms with Gasteiger partial charge in [-0.3, -0.25) is 9.59 Å². The molecule has 0 aromatic carbocycles. The summed E-state index contributed by atoms with van der Waals surface area (Å²) in [5, 5.41) is 8.01. The Kier molecular flexibility index (Phi) is 6.54. The number of furan rings is 1. The van der Waals surface area contributed by atoms with E-state index >= 15 is 0 Å². The number of aliphatic carboxylic acids is 1. The van der Waals surface area contributed by atoms with Gasteiger partial charge in [0.1, 0.15) is 5.78 Å². The Morgan fingerprint density at radius 3 is 2.33 bits per heavy atom. The van der Waals surface area contributed by atoms with Crippen molar-refractivity contribution in [2.24, 2.45) is 0 Å². The third kappa shape index (κ3) is 8.42. The lowest BCUT2D eigenvalue weighted by molar-refractivity contribution is -0.138. The van der Waals surface area contributed by atoms with Crippen LogP contribution >= 0.6 is 0 Å². The van der Waals surface area contributed by atoms with Crippen LogP contribution in [0.1, 0.15) is 30.3 Å². The molecule has 0 bridgehead atoms. The Hall–Kier alpha value is -1.91. The Morgan fingerprint density at radius 2 is 2.13 bits per heavy atom. The van der Waals surface area contributed by atoms with Crippen molar-refractivity contribution in [3.63, 3.8) is 0 Å². The lowest BCUT2D eigenvalue weighted by Crippen LogP contribution is -1.98. The smallest absolute Gasteiger partial charge is 0.303 e. The van der Waals surface area contributed by atoms with Crippen molar-refractivity contribution in [2.75, 3.05) is 0 Å². The van der Waals surface area contributed by atoms with E-state index < -0.39 is 5.97 Å². The molecule has 1 aromatic rings. The zero-order valence-corrected chi connectivity index (χ0v) is 8.30. The Balaban J connectivity index is 0.000000262. The van der Waals surface area contributed by atoms with Crippen molar-refractivity contribution in [3.05, 3.63) is 24.2 Å². The van der Waals surface area contributed by atoms with Gasteiger partial charge in [0.05, 0.1) is 12.7 Å². The highest BCUT2D eigenvalue weighted by Gasteiger charge is 1.97. The monoisotopic (exact) mass is 212 g/mol. The molecule has 0 amide bonds. The van der Waals surface area contributed by atoms with Gasteiger partial charge >= 0.3 is 5.97 Å². The number of carbonyl (C=O) groups excluding carboxylic acids is 2. The first kappa shape index (κ1) is 13.1. The number of carboxylic acids is 1. The van der Waals surface area contributed by atoms with Gasteiger partial charge in [0.2, 0.25) is 0 Å². The van der Waals surface area contributed by atoms with Gasteiger partial charge in [-0.15, -0.1) is 0 Å². The van der Waals surface area contributed by atoms with Gasteiger partial charge < -0.3 is 14.3 Å². The summed E-state index contributed by atoms with van der Waals surface area (Å²) in [6.07, 6.45) is 2.23. The van der Waals surface area contributed by atoms with Crippen molar-refractivity contribution < 1.29 is 23.9 Å². The van der Waals surface area contributed by atoms with E-state index in [2.05, 4.69) is 4.42 Å². The number of carboxylic acid groups (broad SMARTS) is 1. The molecule has 0 saturated heterocycles. The molecule has 0 atom stereocenters. The molecular weight excluding hydrogens is 200 g/mol. The van der Waals surface area contributed by atoms with Crippen LogP contribution in [0, 0.1) is 0 Å². The maximum Gasteiger partial charge on any atom is 0.303 e. The normalized spacial score (nSPS) is 8.60. The minimum atomic E-state index is -0.916. The zero-order valence-electron chi connectivity index (χ0n) is 8.30. The fourth-order valence-corrected chi connectivity index (χ4v) is 0.641. The SMILES string of the molecule is CC(=O)CCC(=O)O.O=Cc1ccco1. The van der Waals surface area contributed by atoms with Crippen LogP contribution in [0.2, 0.25) is 0 Å². The Bertz CT molecular complexity index is 299. The summed E-state index contributed by atoms with van der Waals surface area (Å²) in [6.45, 7) is 1.38. The molecule has 5 nitrogen and oxygen atoms in total. The second kappa shape index (κ2) is 7.49. The van der Waals surface area contributed by atoms with Crippen LogP contribution in [0.4, 0.5) is 0 Å². The van der Waals surface area contributed by atoms with E-state index in [-0.39, 0.29) is 18.6 Å². The standard InChI is InChI=1S/C5H8O3.C5H4O2/c1-4(6)2-3-5(7)8;6-4-5-2-1-3-7-5/h2-3H2,1H3,(H,7,8);1-4H. The van der Waals surface area contributed by atoms with Crippen LogP contribution in [0.5, 0.6) is 0 Å². The molecule has 0 radical (unpaired) electrons. The van der Waals surface area contributed by atoms with E-state index in [1.807, 2.05) is 0 Å². The summed E-state index contributed by atoms with van der Waals surface area (Å²) in [5.74, 6) is -0.618. The highest BCUT2D eigenvalue weighted by atomic mass is 16.4. The summed E-state index contributed by atoms with van der Waals surface area (Å²) in [7, 11) is 0. The van der Waals surface area contributed by atoms with Gasteiger partial charge in [-0.1, -0.05) is 0 Å². The molecule has 0 fully saturated rings. The fraction of sp³-hybridized carbons (Fsp3) is 0.300. The van der Waals surface area contributed by atoms with Gasteiger partial charge in [-0.05, 0) is 19.1 Å². The van der Waals surface area contributed by atoms with Gasteiger partial charge in [-0.2, -0.15) is 0 Å². The molecule has 1 N–H and O–H groups in total. The first-order chi connectivity index (χ1) is 7.06. The lowest BCUT2D eigenvalue weighted by Gasteiger charge is -1.86. The maximum absolute atomic E-state index is 10.1.